The van der Waals surface area contributed by atoms with Crippen LogP contribution in [0, 0.1) is 0 Å². The molecule has 80 valence electrons. The van der Waals surface area contributed by atoms with Crippen LogP contribution in [0.3, 0.4) is 0 Å². The molecular formula is C8H5BrClNO3S. The Morgan fingerprint density at radius 2 is 2.20 bits per heavy atom. The summed E-state index contributed by atoms with van der Waals surface area (Å²) in [6.45, 7) is 0. The largest absolute Gasteiger partial charge is 0.427 e. The number of hydrogen-bond acceptors (Lipinski definition) is 4. The van der Waals surface area contributed by atoms with Crippen LogP contribution in [0.25, 0.3) is 11.1 Å². The third kappa shape index (κ3) is 2.02. The molecule has 0 unspecified atom stereocenters. The molecule has 0 atom stereocenters. The zero-order valence-corrected chi connectivity index (χ0v) is 10.4. The number of oxazole rings is 1. The number of alkyl halides is 1. The van der Waals surface area contributed by atoms with E-state index in [2.05, 4.69) is 20.9 Å². The summed E-state index contributed by atoms with van der Waals surface area (Å²) in [7, 11) is 1.22. The quantitative estimate of drug-likeness (QED) is 0.632. The molecule has 15 heavy (non-hydrogen) atoms. The van der Waals surface area contributed by atoms with Crippen LogP contribution in [0.15, 0.2) is 27.8 Å². The van der Waals surface area contributed by atoms with Gasteiger partial charge in [0, 0.05) is 21.6 Å². The molecule has 2 rings (SSSR count). The average Bonchev–Trinajstić information content (AvgIpc) is 2.59. The van der Waals surface area contributed by atoms with Crippen molar-refractivity contribution in [2.75, 3.05) is 0 Å². The molecule has 4 nitrogen and oxygen atoms in total. The molecule has 0 bridgehead atoms. The van der Waals surface area contributed by atoms with E-state index in [0.717, 1.165) is 5.56 Å². The molecule has 0 saturated heterocycles. The molecule has 0 saturated carbocycles. The predicted octanol–water partition coefficient (Wildman–Crippen LogP) is 2.65. The van der Waals surface area contributed by atoms with Crippen molar-refractivity contribution in [2.45, 2.75) is 10.6 Å². The summed E-state index contributed by atoms with van der Waals surface area (Å²) in [4.78, 5) is 3.79. The van der Waals surface area contributed by atoms with Gasteiger partial charge in [0.05, 0.1) is 0 Å². The van der Waals surface area contributed by atoms with E-state index in [9.17, 15) is 8.42 Å². The van der Waals surface area contributed by atoms with Gasteiger partial charge in [-0.2, -0.15) is 4.98 Å². The second-order valence-corrected chi connectivity index (χ2v) is 5.82. The lowest BCUT2D eigenvalue weighted by Gasteiger charge is -1.93. The smallest absolute Gasteiger partial charge is 0.332 e. The highest BCUT2D eigenvalue weighted by molar-refractivity contribution is 9.08. The SMILES string of the molecule is O=S(=O)(Cl)c1nc2cccc(CBr)c2o1. The molecule has 0 aliphatic rings. The minimum Gasteiger partial charge on any atom is -0.427 e. The lowest BCUT2D eigenvalue weighted by molar-refractivity contribution is 0.463. The van der Waals surface area contributed by atoms with Gasteiger partial charge in [-0.05, 0) is 6.07 Å². The molecule has 0 radical (unpaired) electrons. The fourth-order valence-corrected chi connectivity index (χ4v) is 2.22. The molecule has 0 amide bonds. The van der Waals surface area contributed by atoms with Crippen LogP contribution >= 0.6 is 26.6 Å². The number of para-hydroxylation sites is 1. The van der Waals surface area contributed by atoms with Crippen molar-refractivity contribution in [3.63, 3.8) is 0 Å². The van der Waals surface area contributed by atoms with Crippen molar-refractivity contribution in [1.29, 1.82) is 0 Å². The van der Waals surface area contributed by atoms with Gasteiger partial charge in [-0.3, -0.25) is 0 Å². The topological polar surface area (TPSA) is 60.2 Å². The van der Waals surface area contributed by atoms with Crippen molar-refractivity contribution < 1.29 is 12.8 Å². The summed E-state index contributed by atoms with van der Waals surface area (Å²) in [5.41, 5.74) is 1.74. The summed E-state index contributed by atoms with van der Waals surface area (Å²) in [6.07, 6.45) is 0. The molecule has 2 aromatic rings. The summed E-state index contributed by atoms with van der Waals surface area (Å²) in [5, 5.41) is 0.0916. The van der Waals surface area contributed by atoms with E-state index in [0.29, 0.717) is 16.4 Å². The number of fused-ring (bicyclic) bond motifs is 1. The summed E-state index contributed by atoms with van der Waals surface area (Å²) >= 11 is 3.27. The minimum absolute atomic E-state index is 0.439. The normalized spacial score (nSPS) is 12.1. The van der Waals surface area contributed by atoms with Crippen molar-refractivity contribution in [3.05, 3.63) is 23.8 Å². The van der Waals surface area contributed by atoms with Crippen LogP contribution in [-0.2, 0) is 14.4 Å². The molecule has 0 aliphatic heterocycles. The van der Waals surface area contributed by atoms with Gasteiger partial charge in [-0.15, -0.1) is 0 Å². The highest BCUT2D eigenvalue weighted by atomic mass is 79.9. The van der Waals surface area contributed by atoms with Gasteiger partial charge in [0.2, 0.25) is 0 Å². The molecule has 0 aliphatic carbocycles. The Balaban J connectivity index is 2.76. The molecule has 0 spiro atoms. The molecule has 7 heteroatoms. The highest BCUT2D eigenvalue weighted by Gasteiger charge is 2.19. The molecular weight excluding hydrogens is 306 g/mol. The minimum atomic E-state index is -3.91. The van der Waals surface area contributed by atoms with E-state index in [1.807, 2.05) is 6.07 Å². The van der Waals surface area contributed by atoms with Gasteiger partial charge in [-0.1, -0.05) is 28.1 Å². The number of halogens is 2. The van der Waals surface area contributed by atoms with E-state index in [-0.39, 0.29) is 0 Å². The lowest BCUT2D eigenvalue weighted by Crippen LogP contribution is -1.88. The zero-order chi connectivity index (χ0) is 11.1. The maximum atomic E-state index is 11.0. The van der Waals surface area contributed by atoms with Crippen LogP contribution in [0.4, 0.5) is 0 Å². The summed E-state index contributed by atoms with van der Waals surface area (Å²) in [5.74, 6) is 0. The second-order valence-electron chi connectivity index (χ2n) is 2.82. The Bertz CT molecular complexity index is 607. The number of hydrogen-bond donors (Lipinski definition) is 0. The molecule has 1 heterocycles. The maximum Gasteiger partial charge on any atom is 0.332 e. The highest BCUT2D eigenvalue weighted by Crippen LogP contribution is 2.25. The van der Waals surface area contributed by atoms with Gasteiger partial charge in [0.25, 0.3) is 0 Å². The Hall–Kier alpha value is -0.590. The Labute approximate surface area is 98.8 Å². The standard InChI is InChI=1S/C8H5BrClNO3S/c9-4-5-2-1-3-6-7(5)14-8(11-6)15(10,12)13/h1-3H,4H2. The van der Waals surface area contributed by atoms with Gasteiger partial charge in [0.1, 0.15) is 5.52 Å². The fraction of sp³-hybridized carbons (Fsp3) is 0.125. The van der Waals surface area contributed by atoms with Gasteiger partial charge in [-0.25, -0.2) is 8.42 Å². The Morgan fingerprint density at radius 3 is 2.80 bits per heavy atom. The van der Waals surface area contributed by atoms with Crippen LogP contribution < -0.4 is 0 Å². The molecule has 1 aromatic carbocycles. The van der Waals surface area contributed by atoms with Crippen LogP contribution in [-0.4, -0.2) is 13.4 Å². The maximum absolute atomic E-state index is 11.0. The van der Waals surface area contributed by atoms with Gasteiger partial charge < -0.3 is 4.42 Å². The molecule has 0 N–H and O–H groups in total. The first kappa shape index (κ1) is 10.9. The van der Waals surface area contributed by atoms with Crippen LogP contribution in [0.2, 0.25) is 0 Å². The van der Waals surface area contributed by atoms with E-state index >= 15 is 0 Å². The van der Waals surface area contributed by atoms with Gasteiger partial charge in [0.15, 0.2) is 5.58 Å². The second kappa shape index (κ2) is 3.77. The zero-order valence-electron chi connectivity index (χ0n) is 7.28. The third-order valence-electron chi connectivity index (χ3n) is 1.83. The first-order chi connectivity index (χ1) is 7.02. The third-order valence-corrected chi connectivity index (χ3v) is 3.42. The van der Waals surface area contributed by atoms with Gasteiger partial charge >= 0.3 is 14.3 Å². The number of aromatic nitrogens is 1. The predicted molar refractivity (Wildman–Crippen MR) is 59.7 cm³/mol. The summed E-state index contributed by atoms with van der Waals surface area (Å²) < 4.78 is 27.1. The number of rotatable bonds is 2. The van der Waals surface area contributed by atoms with Crippen molar-refractivity contribution in [3.8, 4) is 0 Å². The van der Waals surface area contributed by atoms with E-state index in [1.165, 1.54) is 0 Å². The first-order valence-electron chi connectivity index (χ1n) is 3.91. The monoisotopic (exact) mass is 309 g/mol. The van der Waals surface area contributed by atoms with E-state index in [1.54, 1.807) is 12.1 Å². The van der Waals surface area contributed by atoms with Crippen LogP contribution in [0.5, 0.6) is 0 Å². The molecule has 0 fully saturated rings. The first-order valence-corrected chi connectivity index (χ1v) is 7.34. The Kier molecular flexibility index (Phi) is 2.74. The van der Waals surface area contributed by atoms with E-state index < -0.39 is 14.3 Å². The lowest BCUT2D eigenvalue weighted by atomic mass is 10.2. The van der Waals surface area contributed by atoms with Crippen molar-refractivity contribution >= 4 is 46.8 Å². The van der Waals surface area contributed by atoms with Crippen LogP contribution in [0.1, 0.15) is 5.56 Å². The average molecular weight is 311 g/mol. The Morgan fingerprint density at radius 1 is 1.47 bits per heavy atom. The molecule has 1 aromatic heterocycles. The van der Waals surface area contributed by atoms with E-state index in [4.69, 9.17) is 15.1 Å². The number of nitrogens with zero attached hydrogens (tertiary/aromatic N) is 1. The summed E-state index contributed by atoms with van der Waals surface area (Å²) in [6, 6.07) is 5.25. The number of benzene rings is 1. The van der Waals surface area contributed by atoms with Crippen molar-refractivity contribution in [2.24, 2.45) is 0 Å². The van der Waals surface area contributed by atoms with Crippen molar-refractivity contribution in [1.82, 2.24) is 4.98 Å². The fourth-order valence-electron chi connectivity index (χ4n) is 1.20.